The summed E-state index contributed by atoms with van der Waals surface area (Å²) in [5.41, 5.74) is -0.172. The van der Waals surface area contributed by atoms with Crippen LogP contribution < -0.4 is 16.0 Å². The maximum atomic E-state index is 13.0. The number of carbonyl (C=O) groups is 2. The molecule has 2 amide bonds. The molecule has 3 N–H and O–H groups in total. The molecule has 0 bridgehead atoms. The Hall–Kier alpha value is -3.79. The van der Waals surface area contributed by atoms with Gasteiger partial charge in [0.25, 0.3) is 11.8 Å². The molecular formula is C22H15F4N3O2S. The Morgan fingerprint density at radius 2 is 1.38 bits per heavy atom. The number of benzene rings is 3. The zero-order chi connectivity index (χ0) is 23.3. The first-order chi connectivity index (χ1) is 15.1. The number of rotatable bonds is 4. The summed E-state index contributed by atoms with van der Waals surface area (Å²) >= 11 is 5.08. The normalized spacial score (nSPS) is 10.9. The first-order valence-electron chi connectivity index (χ1n) is 9.08. The number of nitrogens with one attached hydrogen (secondary N) is 3. The van der Waals surface area contributed by atoms with Crippen molar-refractivity contribution in [1.82, 2.24) is 5.32 Å². The fourth-order valence-corrected chi connectivity index (χ4v) is 2.86. The molecule has 0 saturated carbocycles. The van der Waals surface area contributed by atoms with E-state index in [-0.39, 0.29) is 21.9 Å². The Morgan fingerprint density at radius 3 is 2.03 bits per heavy atom. The zero-order valence-electron chi connectivity index (χ0n) is 16.2. The monoisotopic (exact) mass is 461 g/mol. The Morgan fingerprint density at radius 1 is 0.750 bits per heavy atom. The Kier molecular flexibility index (Phi) is 6.84. The number of hydrogen-bond donors (Lipinski definition) is 3. The van der Waals surface area contributed by atoms with Gasteiger partial charge in [-0.25, -0.2) is 4.39 Å². The Balaban J connectivity index is 1.64. The second kappa shape index (κ2) is 9.56. The van der Waals surface area contributed by atoms with Crippen LogP contribution in [0.5, 0.6) is 0 Å². The topological polar surface area (TPSA) is 70.2 Å². The molecule has 0 radical (unpaired) electrons. The molecule has 5 nitrogen and oxygen atoms in total. The van der Waals surface area contributed by atoms with Crippen LogP contribution in [0.2, 0.25) is 0 Å². The standard InChI is InChI=1S/C22H15F4N3O2S/c23-16-9-7-13(8-10-16)19(30)29-21(32)28-17-5-1-3-14(11-17)20(31)27-18-6-2-4-15(12-18)22(24,25)26/h1-12H,(H,27,31)(H2,28,29,30,32). The van der Waals surface area contributed by atoms with E-state index in [0.29, 0.717) is 5.69 Å². The van der Waals surface area contributed by atoms with Crippen molar-refractivity contribution >= 4 is 40.5 Å². The maximum Gasteiger partial charge on any atom is 0.416 e. The van der Waals surface area contributed by atoms with Crippen molar-refractivity contribution in [3.05, 3.63) is 95.3 Å². The van der Waals surface area contributed by atoms with E-state index in [9.17, 15) is 27.2 Å². The van der Waals surface area contributed by atoms with E-state index in [1.807, 2.05) is 0 Å². The van der Waals surface area contributed by atoms with E-state index in [4.69, 9.17) is 12.2 Å². The molecule has 0 aliphatic heterocycles. The van der Waals surface area contributed by atoms with Gasteiger partial charge in [0.15, 0.2) is 5.11 Å². The van der Waals surface area contributed by atoms with E-state index in [1.165, 1.54) is 42.5 Å². The van der Waals surface area contributed by atoms with Crippen molar-refractivity contribution in [3.8, 4) is 0 Å². The first-order valence-corrected chi connectivity index (χ1v) is 9.49. The second-order valence-electron chi connectivity index (χ2n) is 6.53. The van der Waals surface area contributed by atoms with Gasteiger partial charge in [0.2, 0.25) is 0 Å². The van der Waals surface area contributed by atoms with Gasteiger partial charge < -0.3 is 10.6 Å². The van der Waals surface area contributed by atoms with Gasteiger partial charge in [-0.15, -0.1) is 0 Å². The molecule has 0 saturated heterocycles. The lowest BCUT2D eigenvalue weighted by Gasteiger charge is -2.12. The van der Waals surface area contributed by atoms with Crippen molar-refractivity contribution in [2.75, 3.05) is 10.6 Å². The number of thiocarbonyl (C=S) groups is 1. The summed E-state index contributed by atoms with van der Waals surface area (Å²) in [5, 5.41) is 7.51. The van der Waals surface area contributed by atoms with Crippen LogP contribution in [0.3, 0.4) is 0 Å². The summed E-state index contributed by atoms with van der Waals surface area (Å²) in [6.45, 7) is 0. The van der Waals surface area contributed by atoms with Gasteiger partial charge in [-0.1, -0.05) is 12.1 Å². The molecular weight excluding hydrogens is 446 g/mol. The lowest BCUT2D eigenvalue weighted by molar-refractivity contribution is -0.137. The van der Waals surface area contributed by atoms with Crippen LogP contribution in [0.15, 0.2) is 72.8 Å². The van der Waals surface area contributed by atoms with Gasteiger partial charge >= 0.3 is 6.18 Å². The summed E-state index contributed by atoms with van der Waals surface area (Å²) in [6.07, 6.45) is -4.53. The van der Waals surface area contributed by atoms with Crippen LogP contribution in [0.1, 0.15) is 26.3 Å². The number of amides is 2. The van der Waals surface area contributed by atoms with Crippen molar-refractivity contribution in [2.45, 2.75) is 6.18 Å². The smallest absolute Gasteiger partial charge is 0.332 e. The highest BCUT2D eigenvalue weighted by Crippen LogP contribution is 2.30. The van der Waals surface area contributed by atoms with Crippen molar-refractivity contribution in [2.24, 2.45) is 0 Å². The zero-order valence-corrected chi connectivity index (χ0v) is 17.0. The first kappa shape index (κ1) is 22.9. The molecule has 0 unspecified atom stereocenters. The molecule has 0 aliphatic carbocycles. The highest BCUT2D eigenvalue weighted by atomic mass is 32.1. The molecule has 0 spiro atoms. The third kappa shape index (κ3) is 6.11. The third-order valence-corrected chi connectivity index (χ3v) is 4.37. The van der Waals surface area contributed by atoms with Gasteiger partial charge in [-0.05, 0) is 72.9 Å². The summed E-state index contributed by atoms with van der Waals surface area (Å²) in [7, 11) is 0. The van der Waals surface area contributed by atoms with Crippen LogP contribution in [0.4, 0.5) is 28.9 Å². The Labute approximate surface area is 185 Å². The molecule has 0 fully saturated rings. The van der Waals surface area contributed by atoms with Crippen LogP contribution >= 0.6 is 12.2 Å². The molecule has 0 aliphatic rings. The van der Waals surface area contributed by atoms with E-state index < -0.39 is 29.4 Å². The molecule has 32 heavy (non-hydrogen) atoms. The van der Waals surface area contributed by atoms with Crippen LogP contribution in [-0.2, 0) is 6.18 Å². The van der Waals surface area contributed by atoms with Crippen LogP contribution in [-0.4, -0.2) is 16.9 Å². The van der Waals surface area contributed by atoms with Gasteiger partial charge in [-0.3, -0.25) is 14.9 Å². The maximum absolute atomic E-state index is 13.0. The fraction of sp³-hybridized carbons (Fsp3) is 0.0455. The largest absolute Gasteiger partial charge is 0.416 e. The fourth-order valence-electron chi connectivity index (χ4n) is 2.65. The average Bonchev–Trinajstić information content (AvgIpc) is 2.74. The number of alkyl halides is 3. The highest BCUT2D eigenvalue weighted by Gasteiger charge is 2.30. The molecule has 3 aromatic carbocycles. The lowest BCUT2D eigenvalue weighted by Crippen LogP contribution is -2.34. The summed E-state index contributed by atoms with van der Waals surface area (Å²) in [6, 6.07) is 15.1. The van der Waals surface area contributed by atoms with E-state index in [0.717, 1.165) is 24.3 Å². The molecule has 164 valence electrons. The predicted molar refractivity (Wildman–Crippen MR) is 116 cm³/mol. The molecule has 0 atom stereocenters. The van der Waals surface area contributed by atoms with Crippen LogP contribution in [0.25, 0.3) is 0 Å². The van der Waals surface area contributed by atoms with Crippen molar-refractivity contribution in [1.29, 1.82) is 0 Å². The van der Waals surface area contributed by atoms with E-state index in [2.05, 4.69) is 16.0 Å². The lowest BCUT2D eigenvalue weighted by atomic mass is 10.1. The number of halogens is 4. The highest BCUT2D eigenvalue weighted by molar-refractivity contribution is 7.80. The Bertz CT molecular complexity index is 1160. The minimum atomic E-state index is -4.53. The van der Waals surface area contributed by atoms with Gasteiger partial charge in [0, 0.05) is 22.5 Å². The van der Waals surface area contributed by atoms with E-state index >= 15 is 0 Å². The molecule has 0 aromatic heterocycles. The molecule has 3 aromatic rings. The number of carbonyl (C=O) groups excluding carboxylic acids is 2. The van der Waals surface area contributed by atoms with Crippen molar-refractivity contribution < 1.29 is 27.2 Å². The molecule has 0 heterocycles. The minimum absolute atomic E-state index is 0.00901. The molecule has 10 heteroatoms. The van der Waals surface area contributed by atoms with Crippen molar-refractivity contribution in [3.63, 3.8) is 0 Å². The molecule has 3 rings (SSSR count). The minimum Gasteiger partial charge on any atom is -0.332 e. The SMILES string of the molecule is O=C(NC(=S)Nc1cccc(C(=O)Nc2cccc(C(F)(F)F)c2)c1)c1ccc(F)cc1. The third-order valence-electron chi connectivity index (χ3n) is 4.16. The average molecular weight is 461 g/mol. The number of anilines is 2. The quantitative estimate of drug-likeness (QED) is 0.368. The number of hydrogen-bond acceptors (Lipinski definition) is 3. The second-order valence-corrected chi connectivity index (χ2v) is 6.94. The van der Waals surface area contributed by atoms with Crippen LogP contribution in [0, 0.1) is 5.82 Å². The summed E-state index contributed by atoms with van der Waals surface area (Å²) < 4.78 is 51.5. The van der Waals surface area contributed by atoms with Gasteiger partial charge in [-0.2, -0.15) is 13.2 Å². The van der Waals surface area contributed by atoms with Gasteiger partial charge in [0.05, 0.1) is 5.56 Å². The summed E-state index contributed by atoms with van der Waals surface area (Å²) in [5.74, 6) is -1.67. The van der Waals surface area contributed by atoms with E-state index in [1.54, 1.807) is 6.07 Å². The van der Waals surface area contributed by atoms with Gasteiger partial charge in [0.1, 0.15) is 5.82 Å². The predicted octanol–water partition coefficient (Wildman–Crippen LogP) is 5.22. The summed E-state index contributed by atoms with van der Waals surface area (Å²) in [4.78, 5) is 24.6.